The van der Waals surface area contributed by atoms with Crippen molar-refractivity contribution in [1.29, 1.82) is 0 Å². The van der Waals surface area contributed by atoms with Crippen LogP contribution in [0.1, 0.15) is 6.42 Å². The first-order valence-corrected chi connectivity index (χ1v) is 7.81. The normalized spacial score (nSPS) is 10.3. The molecule has 0 unspecified atom stereocenters. The Labute approximate surface area is 132 Å². The molecule has 0 spiro atoms. The summed E-state index contributed by atoms with van der Waals surface area (Å²) in [6, 6.07) is 12.5. The summed E-state index contributed by atoms with van der Waals surface area (Å²) in [7, 11) is 0. The Bertz CT molecular complexity index is 623. The van der Waals surface area contributed by atoms with Crippen LogP contribution in [0.2, 0.25) is 0 Å². The van der Waals surface area contributed by atoms with Gasteiger partial charge in [-0.05, 0) is 36.4 Å². The van der Waals surface area contributed by atoms with E-state index in [0.29, 0.717) is 6.54 Å². The number of carbonyl (C=O) groups is 1. The van der Waals surface area contributed by atoms with Crippen LogP contribution in [0.15, 0.2) is 53.4 Å². The second-order valence-electron chi connectivity index (χ2n) is 4.52. The van der Waals surface area contributed by atoms with E-state index < -0.39 is 17.7 Å². The fourth-order valence-electron chi connectivity index (χ4n) is 1.74. The van der Waals surface area contributed by atoms with Gasteiger partial charge in [-0.2, -0.15) is 0 Å². The van der Waals surface area contributed by atoms with E-state index in [1.165, 1.54) is 11.0 Å². The highest BCUT2D eigenvalue weighted by Crippen LogP contribution is 2.17. The molecule has 2 aromatic rings. The highest BCUT2D eigenvalue weighted by Gasteiger charge is 2.07. The Morgan fingerprint density at radius 1 is 1.09 bits per heavy atom. The van der Waals surface area contributed by atoms with Gasteiger partial charge in [0.05, 0.1) is 5.69 Å². The topological polar surface area (TPSA) is 41.1 Å². The van der Waals surface area contributed by atoms with Crippen molar-refractivity contribution in [3.8, 4) is 0 Å². The highest BCUT2D eigenvalue weighted by atomic mass is 32.2. The Hall–Kier alpha value is -2.08. The first kappa shape index (κ1) is 16.3. The summed E-state index contributed by atoms with van der Waals surface area (Å²) < 4.78 is 26.1. The molecule has 0 heterocycles. The van der Waals surface area contributed by atoms with Crippen molar-refractivity contribution in [2.45, 2.75) is 11.3 Å². The Morgan fingerprint density at radius 2 is 1.86 bits per heavy atom. The van der Waals surface area contributed by atoms with Gasteiger partial charge < -0.3 is 10.6 Å². The van der Waals surface area contributed by atoms with Crippen LogP contribution in [0.3, 0.4) is 0 Å². The van der Waals surface area contributed by atoms with Gasteiger partial charge in [-0.15, -0.1) is 11.8 Å². The van der Waals surface area contributed by atoms with E-state index in [1.54, 1.807) is 11.8 Å². The van der Waals surface area contributed by atoms with Crippen molar-refractivity contribution in [3.05, 3.63) is 60.2 Å². The van der Waals surface area contributed by atoms with E-state index in [2.05, 4.69) is 10.6 Å². The monoisotopic (exact) mass is 322 g/mol. The molecule has 2 N–H and O–H groups in total. The van der Waals surface area contributed by atoms with Crippen molar-refractivity contribution in [1.82, 2.24) is 5.32 Å². The molecular formula is C16H16F2N2OS. The Balaban J connectivity index is 1.65. The van der Waals surface area contributed by atoms with Crippen molar-refractivity contribution >= 4 is 23.5 Å². The molecule has 0 bridgehead atoms. The molecule has 0 saturated carbocycles. The van der Waals surface area contributed by atoms with Crippen LogP contribution in [0, 0.1) is 11.6 Å². The molecule has 0 radical (unpaired) electrons. The molecular weight excluding hydrogens is 306 g/mol. The lowest BCUT2D eigenvalue weighted by Crippen LogP contribution is -2.30. The van der Waals surface area contributed by atoms with Crippen LogP contribution in [-0.2, 0) is 0 Å². The SMILES string of the molecule is O=C(NCCCSc1ccccc1)Nc1ccc(F)cc1F. The third-order valence-corrected chi connectivity index (χ3v) is 3.90. The molecule has 0 aromatic heterocycles. The third-order valence-electron chi connectivity index (χ3n) is 2.80. The molecule has 0 saturated heterocycles. The minimum absolute atomic E-state index is 0.0439. The van der Waals surface area contributed by atoms with Crippen molar-refractivity contribution in [2.24, 2.45) is 0 Å². The average molecular weight is 322 g/mol. The number of thioether (sulfide) groups is 1. The molecule has 6 heteroatoms. The molecule has 2 amide bonds. The summed E-state index contributed by atoms with van der Waals surface area (Å²) in [6.45, 7) is 0.481. The molecule has 22 heavy (non-hydrogen) atoms. The minimum atomic E-state index is -0.796. The second-order valence-corrected chi connectivity index (χ2v) is 5.69. The highest BCUT2D eigenvalue weighted by molar-refractivity contribution is 7.99. The first-order valence-electron chi connectivity index (χ1n) is 6.83. The number of nitrogens with one attached hydrogen (secondary N) is 2. The van der Waals surface area contributed by atoms with Gasteiger partial charge in [-0.25, -0.2) is 13.6 Å². The molecule has 0 aliphatic rings. The minimum Gasteiger partial charge on any atom is -0.338 e. The number of urea groups is 1. The first-order chi connectivity index (χ1) is 10.6. The van der Waals surface area contributed by atoms with Gasteiger partial charge >= 0.3 is 6.03 Å². The second kappa shape index (κ2) is 8.38. The van der Waals surface area contributed by atoms with Gasteiger partial charge in [0.2, 0.25) is 0 Å². The average Bonchev–Trinajstić information content (AvgIpc) is 2.51. The number of amides is 2. The van der Waals surface area contributed by atoms with Gasteiger partial charge in [0.25, 0.3) is 0 Å². The smallest absolute Gasteiger partial charge is 0.319 e. The number of rotatable bonds is 6. The number of anilines is 1. The van der Waals surface area contributed by atoms with Gasteiger partial charge in [-0.3, -0.25) is 0 Å². The van der Waals surface area contributed by atoms with Crippen LogP contribution < -0.4 is 10.6 Å². The zero-order chi connectivity index (χ0) is 15.8. The zero-order valence-electron chi connectivity index (χ0n) is 11.8. The predicted octanol–water partition coefficient (Wildman–Crippen LogP) is 4.27. The molecule has 2 rings (SSSR count). The van der Waals surface area contributed by atoms with Crippen molar-refractivity contribution in [2.75, 3.05) is 17.6 Å². The van der Waals surface area contributed by atoms with E-state index in [4.69, 9.17) is 0 Å². The maximum Gasteiger partial charge on any atom is 0.319 e. The van der Waals surface area contributed by atoms with Crippen LogP contribution in [0.4, 0.5) is 19.3 Å². The molecule has 2 aromatic carbocycles. The summed E-state index contributed by atoms with van der Waals surface area (Å²) in [5.74, 6) is -0.606. The van der Waals surface area contributed by atoms with Crippen LogP contribution >= 0.6 is 11.8 Å². The number of benzene rings is 2. The fraction of sp³-hybridized carbons (Fsp3) is 0.188. The van der Waals surface area contributed by atoms with Crippen LogP contribution in [0.25, 0.3) is 0 Å². The molecule has 116 valence electrons. The van der Waals surface area contributed by atoms with Crippen molar-refractivity contribution < 1.29 is 13.6 Å². The lowest BCUT2D eigenvalue weighted by Gasteiger charge is -2.08. The van der Waals surface area contributed by atoms with Gasteiger partial charge in [0.1, 0.15) is 11.6 Å². The zero-order valence-corrected chi connectivity index (χ0v) is 12.6. The number of hydrogen-bond donors (Lipinski definition) is 2. The maximum atomic E-state index is 13.4. The summed E-state index contributed by atoms with van der Waals surface area (Å²) in [5.41, 5.74) is -0.0439. The van der Waals surface area contributed by atoms with E-state index in [-0.39, 0.29) is 5.69 Å². The van der Waals surface area contributed by atoms with Gasteiger partial charge in [-0.1, -0.05) is 18.2 Å². The maximum absolute atomic E-state index is 13.4. The van der Waals surface area contributed by atoms with E-state index >= 15 is 0 Å². The lowest BCUT2D eigenvalue weighted by atomic mass is 10.3. The van der Waals surface area contributed by atoms with Crippen LogP contribution in [-0.4, -0.2) is 18.3 Å². The largest absolute Gasteiger partial charge is 0.338 e. The van der Waals surface area contributed by atoms with E-state index in [0.717, 1.165) is 24.3 Å². The molecule has 0 atom stereocenters. The summed E-state index contributed by atoms with van der Waals surface area (Å²) in [5, 5.41) is 4.98. The van der Waals surface area contributed by atoms with E-state index in [1.807, 2.05) is 30.3 Å². The van der Waals surface area contributed by atoms with Gasteiger partial charge in [0.15, 0.2) is 0 Å². The number of halogens is 2. The third kappa shape index (κ3) is 5.37. The quantitative estimate of drug-likeness (QED) is 0.616. The predicted molar refractivity (Wildman–Crippen MR) is 85.2 cm³/mol. The molecule has 0 aliphatic heterocycles. The Kier molecular flexibility index (Phi) is 6.21. The summed E-state index contributed by atoms with van der Waals surface area (Å²) in [4.78, 5) is 12.8. The van der Waals surface area contributed by atoms with Gasteiger partial charge in [0, 0.05) is 17.5 Å². The van der Waals surface area contributed by atoms with Crippen LogP contribution in [0.5, 0.6) is 0 Å². The summed E-state index contributed by atoms with van der Waals surface area (Å²) in [6.07, 6.45) is 0.791. The fourth-order valence-corrected chi connectivity index (χ4v) is 2.61. The Morgan fingerprint density at radius 3 is 2.59 bits per heavy atom. The number of carbonyl (C=O) groups excluding carboxylic acids is 1. The van der Waals surface area contributed by atoms with Crippen molar-refractivity contribution in [3.63, 3.8) is 0 Å². The molecule has 0 fully saturated rings. The molecule has 0 aliphatic carbocycles. The van der Waals surface area contributed by atoms with E-state index in [9.17, 15) is 13.6 Å². The summed E-state index contributed by atoms with van der Waals surface area (Å²) >= 11 is 1.71. The standard InChI is InChI=1S/C16H16F2N2OS/c17-12-7-8-15(14(18)11-12)20-16(21)19-9-4-10-22-13-5-2-1-3-6-13/h1-3,5-8,11H,4,9-10H2,(H2,19,20,21). The number of hydrogen-bond acceptors (Lipinski definition) is 2. The lowest BCUT2D eigenvalue weighted by molar-refractivity contribution is 0.252. The molecule has 3 nitrogen and oxygen atoms in total.